The molecule has 1 amide bonds. The molecule has 0 aliphatic rings. The lowest BCUT2D eigenvalue weighted by Crippen LogP contribution is -2.50. The van der Waals surface area contributed by atoms with Gasteiger partial charge in [-0.2, -0.15) is 0 Å². The van der Waals surface area contributed by atoms with E-state index in [4.69, 9.17) is 0 Å². The van der Waals surface area contributed by atoms with E-state index in [1.54, 1.807) is 48.1 Å². The minimum atomic E-state index is -3.98. The molecule has 0 spiro atoms. The number of carbonyl (C=O) groups excluding carboxylic acids is 1. The highest BCUT2D eigenvalue weighted by Crippen LogP contribution is 2.38. The van der Waals surface area contributed by atoms with E-state index in [0.29, 0.717) is 12.0 Å². The van der Waals surface area contributed by atoms with Crippen LogP contribution < -0.4 is 5.48 Å². The number of hydroxylamine groups is 1. The molecule has 30 heavy (non-hydrogen) atoms. The number of amides is 1. The quantitative estimate of drug-likeness (QED) is 0.225. The zero-order valence-corrected chi connectivity index (χ0v) is 18.6. The SMILES string of the molecule is CCCCCCCCCCC(C(=O)NO)(c1ccc[nH]1)S(=O)(=O)Cc1ccccc1. The van der Waals surface area contributed by atoms with Gasteiger partial charge in [0, 0.05) is 11.9 Å². The third-order valence-electron chi connectivity index (χ3n) is 5.61. The van der Waals surface area contributed by atoms with E-state index in [-0.39, 0.29) is 17.9 Å². The number of hydrogen-bond acceptors (Lipinski definition) is 4. The summed E-state index contributed by atoms with van der Waals surface area (Å²) in [5.41, 5.74) is 2.51. The summed E-state index contributed by atoms with van der Waals surface area (Å²) in [6.45, 7) is 2.18. The molecule has 1 atom stereocenters. The number of benzene rings is 1. The number of rotatable bonds is 14. The van der Waals surface area contributed by atoms with Crippen LogP contribution in [0.4, 0.5) is 0 Å². The molecule has 0 radical (unpaired) electrons. The van der Waals surface area contributed by atoms with Crippen molar-refractivity contribution in [2.75, 3.05) is 0 Å². The maximum atomic E-state index is 13.6. The first kappa shape index (κ1) is 24.2. The lowest BCUT2D eigenvalue weighted by Gasteiger charge is -2.30. The Morgan fingerprint density at radius 2 is 1.60 bits per heavy atom. The van der Waals surface area contributed by atoms with Crippen LogP contribution in [0.15, 0.2) is 48.7 Å². The van der Waals surface area contributed by atoms with Crippen molar-refractivity contribution in [1.82, 2.24) is 10.5 Å². The number of unbranched alkanes of at least 4 members (excludes halogenated alkanes) is 7. The van der Waals surface area contributed by atoms with Gasteiger partial charge in [-0.1, -0.05) is 88.6 Å². The van der Waals surface area contributed by atoms with E-state index in [1.807, 2.05) is 6.07 Å². The fraction of sp³-hybridized carbons (Fsp3) is 0.522. The molecule has 7 heteroatoms. The number of nitrogens with one attached hydrogen (secondary N) is 2. The van der Waals surface area contributed by atoms with Gasteiger partial charge in [-0.25, -0.2) is 13.9 Å². The van der Waals surface area contributed by atoms with E-state index in [1.165, 1.54) is 25.7 Å². The van der Waals surface area contributed by atoms with E-state index in [9.17, 15) is 18.4 Å². The standard InChI is InChI=1S/C23H34N2O4S/c1-2-3-4-5-6-7-8-12-17-23(22(26)25-27,21-16-13-18-24-21)30(28,29)19-20-14-10-9-11-15-20/h9-11,13-16,18,24,27H,2-8,12,17,19H2,1H3,(H,25,26). The average Bonchev–Trinajstić information content (AvgIpc) is 3.27. The Labute approximate surface area is 180 Å². The maximum Gasteiger partial charge on any atom is 0.270 e. The van der Waals surface area contributed by atoms with Crippen molar-refractivity contribution in [2.24, 2.45) is 0 Å². The number of sulfone groups is 1. The number of aromatic nitrogens is 1. The van der Waals surface area contributed by atoms with E-state index in [2.05, 4.69) is 11.9 Å². The van der Waals surface area contributed by atoms with Crippen molar-refractivity contribution in [2.45, 2.75) is 75.2 Å². The molecule has 0 bridgehead atoms. The predicted octanol–water partition coefficient (Wildman–Crippen LogP) is 4.86. The fourth-order valence-corrected chi connectivity index (χ4v) is 6.05. The molecule has 6 nitrogen and oxygen atoms in total. The highest BCUT2D eigenvalue weighted by atomic mass is 32.2. The molecule has 0 saturated heterocycles. The molecule has 1 unspecified atom stereocenters. The predicted molar refractivity (Wildman–Crippen MR) is 119 cm³/mol. The van der Waals surface area contributed by atoms with Crippen LogP contribution in [0.5, 0.6) is 0 Å². The molecule has 1 heterocycles. The van der Waals surface area contributed by atoms with Gasteiger partial charge in [0.1, 0.15) is 0 Å². The molecular formula is C23H34N2O4S. The minimum Gasteiger partial charge on any atom is -0.363 e. The molecular weight excluding hydrogens is 400 g/mol. The molecule has 2 aromatic rings. The highest BCUT2D eigenvalue weighted by Gasteiger charge is 2.52. The van der Waals surface area contributed by atoms with Crippen LogP contribution in [0.1, 0.15) is 76.0 Å². The van der Waals surface area contributed by atoms with Crippen LogP contribution in [0, 0.1) is 0 Å². The summed E-state index contributed by atoms with van der Waals surface area (Å²) in [4.78, 5) is 15.8. The first-order valence-electron chi connectivity index (χ1n) is 10.8. The van der Waals surface area contributed by atoms with E-state index < -0.39 is 20.5 Å². The minimum absolute atomic E-state index is 0.115. The lowest BCUT2D eigenvalue weighted by molar-refractivity contribution is -0.132. The second-order valence-electron chi connectivity index (χ2n) is 7.82. The van der Waals surface area contributed by atoms with Crippen LogP contribution in [-0.2, 0) is 25.1 Å². The zero-order chi connectivity index (χ0) is 21.9. The third kappa shape index (κ3) is 5.95. The summed E-state index contributed by atoms with van der Waals surface area (Å²) in [5, 5.41) is 9.44. The molecule has 0 fully saturated rings. The van der Waals surface area contributed by atoms with Gasteiger partial charge in [0.2, 0.25) is 0 Å². The normalized spacial score (nSPS) is 13.7. The summed E-state index contributed by atoms with van der Waals surface area (Å²) in [5.74, 6) is -1.19. The summed E-state index contributed by atoms with van der Waals surface area (Å²) in [6.07, 6.45) is 10.1. The fourth-order valence-electron chi connectivity index (χ4n) is 3.93. The van der Waals surface area contributed by atoms with Crippen molar-refractivity contribution in [3.05, 3.63) is 59.9 Å². The van der Waals surface area contributed by atoms with Gasteiger partial charge >= 0.3 is 0 Å². The first-order valence-corrected chi connectivity index (χ1v) is 12.5. The van der Waals surface area contributed by atoms with Crippen LogP contribution in [0.2, 0.25) is 0 Å². The van der Waals surface area contributed by atoms with Crippen LogP contribution in [-0.4, -0.2) is 24.5 Å². The van der Waals surface area contributed by atoms with Crippen molar-refractivity contribution < 1.29 is 18.4 Å². The smallest absolute Gasteiger partial charge is 0.270 e. The molecule has 0 saturated carbocycles. The number of aromatic amines is 1. The molecule has 0 aliphatic carbocycles. The van der Waals surface area contributed by atoms with Gasteiger partial charge in [-0.05, 0) is 24.1 Å². The molecule has 3 N–H and O–H groups in total. The molecule has 166 valence electrons. The Balaban J connectivity index is 2.21. The first-order chi connectivity index (χ1) is 14.5. The van der Waals surface area contributed by atoms with Crippen LogP contribution in [0.3, 0.4) is 0 Å². The van der Waals surface area contributed by atoms with Crippen molar-refractivity contribution in [3.8, 4) is 0 Å². The Bertz CT molecular complexity index is 851. The maximum absolute atomic E-state index is 13.6. The second kappa shape index (κ2) is 11.9. The zero-order valence-electron chi connectivity index (χ0n) is 17.8. The average molecular weight is 435 g/mol. The monoisotopic (exact) mass is 434 g/mol. The van der Waals surface area contributed by atoms with Crippen molar-refractivity contribution in [1.29, 1.82) is 0 Å². The Morgan fingerprint density at radius 3 is 2.17 bits per heavy atom. The lowest BCUT2D eigenvalue weighted by atomic mass is 9.95. The van der Waals surface area contributed by atoms with Gasteiger partial charge < -0.3 is 4.98 Å². The Hall–Kier alpha value is -2.12. The summed E-state index contributed by atoms with van der Waals surface area (Å²) >= 11 is 0. The largest absolute Gasteiger partial charge is 0.363 e. The van der Waals surface area contributed by atoms with Crippen LogP contribution in [0.25, 0.3) is 0 Å². The van der Waals surface area contributed by atoms with Gasteiger partial charge in [0.25, 0.3) is 5.91 Å². The number of carbonyl (C=O) groups is 1. The van der Waals surface area contributed by atoms with Gasteiger partial charge in [-0.3, -0.25) is 10.0 Å². The summed E-state index contributed by atoms with van der Waals surface area (Å²) < 4.78 is 25.3. The van der Waals surface area contributed by atoms with E-state index >= 15 is 0 Å². The summed E-state index contributed by atoms with van der Waals surface area (Å²) in [7, 11) is -3.98. The van der Waals surface area contributed by atoms with Crippen molar-refractivity contribution in [3.63, 3.8) is 0 Å². The Kier molecular flexibility index (Phi) is 9.59. The second-order valence-corrected chi connectivity index (χ2v) is 10.0. The third-order valence-corrected chi connectivity index (χ3v) is 8.00. The van der Waals surface area contributed by atoms with Gasteiger partial charge in [-0.15, -0.1) is 0 Å². The topological polar surface area (TPSA) is 99.3 Å². The van der Waals surface area contributed by atoms with E-state index in [0.717, 1.165) is 19.3 Å². The van der Waals surface area contributed by atoms with Gasteiger partial charge in [0.15, 0.2) is 14.6 Å². The molecule has 1 aromatic carbocycles. The van der Waals surface area contributed by atoms with Gasteiger partial charge in [0.05, 0.1) is 5.75 Å². The Morgan fingerprint density at radius 1 is 0.967 bits per heavy atom. The molecule has 1 aromatic heterocycles. The summed E-state index contributed by atoms with van der Waals surface area (Å²) in [6, 6.07) is 12.1. The molecule has 0 aliphatic heterocycles. The van der Waals surface area contributed by atoms with Crippen molar-refractivity contribution >= 4 is 15.7 Å². The van der Waals surface area contributed by atoms with Crippen LogP contribution >= 0.6 is 0 Å². The number of hydrogen-bond donors (Lipinski definition) is 3. The number of H-pyrrole nitrogens is 1. The highest BCUT2D eigenvalue weighted by molar-refractivity contribution is 7.92. The molecule has 2 rings (SSSR count).